The number of thiazole rings is 1. The monoisotopic (exact) mass is 331 g/mol. The molecular weight excluding hydrogens is 314 g/mol. The summed E-state index contributed by atoms with van der Waals surface area (Å²) in [4.78, 5) is 7.45. The Morgan fingerprint density at radius 1 is 1.32 bits per heavy atom. The van der Waals surface area contributed by atoms with Crippen molar-refractivity contribution in [3.63, 3.8) is 0 Å². The average molecular weight is 332 g/mol. The third-order valence-corrected chi connectivity index (χ3v) is 6.01. The average Bonchev–Trinajstić information content (AvgIpc) is 3.05. The fourth-order valence-electron chi connectivity index (χ4n) is 3.31. The fourth-order valence-corrected chi connectivity index (χ4v) is 4.65. The van der Waals surface area contributed by atoms with E-state index in [-0.39, 0.29) is 0 Å². The standard InChI is InChI=1S/C17H18ClN3S/c1-10-8-11(6-7-12(10)18)16-14(9-19)21-13-4-2-3-5-15(13)22-17(21)20-16/h6-8H,2-5,9,19H2,1H3. The number of hydrogen-bond acceptors (Lipinski definition) is 3. The van der Waals surface area contributed by atoms with Crippen LogP contribution in [0.3, 0.4) is 0 Å². The van der Waals surface area contributed by atoms with Crippen LogP contribution in [0.25, 0.3) is 16.2 Å². The number of fused-ring (bicyclic) bond motifs is 3. The van der Waals surface area contributed by atoms with Gasteiger partial charge >= 0.3 is 0 Å². The molecule has 0 unspecified atom stereocenters. The summed E-state index contributed by atoms with van der Waals surface area (Å²) >= 11 is 7.97. The Balaban J connectivity index is 1.94. The maximum absolute atomic E-state index is 6.15. The second-order valence-electron chi connectivity index (χ2n) is 5.87. The van der Waals surface area contributed by atoms with Crippen molar-refractivity contribution in [1.29, 1.82) is 0 Å². The number of halogens is 1. The Hall–Kier alpha value is -1.36. The van der Waals surface area contributed by atoms with Crippen LogP contribution in [0.15, 0.2) is 18.2 Å². The van der Waals surface area contributed by atoms with Crippen molar-refractivity contribution >= 4 is 27.9 Å². The third-order valence-electron chi connectivity index (χ3n) is 4.44. The molecule has 22 heavy (non-hydrogen) atoms. The van der Waals surface area contributed by atoms with Gasteiger partial charge in [-0.1, -0.05) is 17.7 Å². The van der Waals surface area contributed by atoms with E-state index in [1.165, 1.54) is 29.8 Å². The first-order valence-corrected chi connectivity index (χ1v) is 8.87. The van der Waals surface area contributed by atoms with E-state index in [1.54, 1.807) is 0 Å². The molecule has 0 saturated heterocycles. The second kappa shape index (κ2) is 5.37. The fraction of sp³-hybridized carbons (Fsp3) is 0.353. The number of imidazole rings is 1. The van der Waals surface area contributed by atoms with Crippen LogP contribution in [-0.2, 0) is 19.4 Å². The van der Waals surface area contributed by atoms with Crippen molar-refractivity contribution < 1.29 is 0 Å². The zero-order valence-corrected chi connectivity index (χ0v) is 14.1. The zero-order valence-electron chi connectivity index (χ0n) is 12.5. The van der Waals surface area contributed by atoms with Crippen LogP contribution in [0.5, 0.6) is 0 Å². The van der Waals surface area contributed by atoms with Crippen LogP contribution in [-0.4, -0.2) is 9.38 Å². The highest BCUT2D eigenvalue weighted by Gasteiger charge is 2.22. The van der Waals surface area contributed by atoms with Gasteiger partial charge in [-0.2, -0.15) is 0 Å². The SMILES string of the molecule is Cc1cc(-c2nc3sc4c(n3c2CN)CCCC4)ccc1Cl. The molecular formula is C17H18ClN3S. The lowest BCUT2D eigenvalue weighted by Crippen LogP contribution is -2.08. The third kappa shape index (κ3) is 2.09. The van der Waals surface area contributed by atoms with Gasteiger partial charge < -0.3 is 5.73 Å². The molecule has 4 rings (SSSR count). The highest BCUT2D eigenvalue weighted by Crippen LogP contribution is 2.35. The summed E-state index contributed by atoms with van der Waals surface area (Å²) in [6.45, 7) is 2.52. The normalized spacial score (nSPS) is 14.5. The first-order chi connectivity index (χ1) is 10.7. The van der Waals surface area contributed by atoms with Crippen LogP contribution in [0.4, 0.5) is 0 Å². The summed E-state index contributed by atoms with van der Waals surface area (Å²) in [5, 5.41) is 0.788. The molecule has 0 amide bonds. The van der Waals surface area contributed by atoms with E-state index >= 15 is 0 Å². The van der Waals surface area contributed by atoms with Crippen LogP contribution in [0.1, 0.15) is 34.7 Å². The van der Waals surface area contributed by atoms with Gasteiger partial charge in [-0.25, -0.2) is 4.98 Å². The van der Waals surface area contributed by atoms with E-state index in [1.807, 2.05) is 30.4 Å². The molecule has 0 bridgehead atoms. The molecule has 0 spiro atoms. The van der Waals surface area contributed by atoms with E-state index in [2.05, 4.69) is 10.5 Å². The summed E-state index contributed by atoms with van der Waals surface area (Å²) in [5.74, 6) is 0. The minimum absolute atomic E-state index is 0.501. The van der Waals surface area contributed by atoms with Crippen LogP contribution in [0, 0.1) is 6.92 Å². The van der Waals surface area contributed by atoms with Gasteiger partial charge in [0.25, 0.3) is 0 Å². The maximum atomic E-state index is 6.15. The smallest absolute Gasteiger partial charge is 0.194 e. The number of aryl methyl sites for hydroxylation is 3. The van der Waals surface area contributed by atoms with Crippen molar-refractivity contribution in [1.82, 2.24) is 9.38 Å². The lowest BCUT2D eigenvalue weighted by atomic mass is 10.0. The molecule has 0 saturated carbocycles. The second-order valence-corrected chi connectivity index (χ2v) is 7.34. The predicted molar refractivity (Wildman–Crippen MR) is 92.8 cm³/mol. The Morgan fingerprint density at radius 3 is 2.91 bits per heavy atom. The maximum Gasteiger partial charge on any atom is 0.194 e. The van der Waals surface area contributed by atoms with Crippen LogP contribution >= 0.6 is 22.9 Å². The molecule has 3 nitrogen and oxygen atoms in total. The summed E-state index contributed by atoms with van der Waals surface area (Å²) in [6.07, 6.45) is 4.87. The summed E-state index contributed by atoms with van der Waals surface area (Å²) in [7, 11) is 0. The zero-order chi connectivity index (χ0) is 15.3. The predicted octanol–water partition coefficient (Wildman–Crippen LogP) is 4.36. The molecule has 0 aliphatic heterocycles. The molecule has 2 aromatic heterocycles. The van der Waals surface area contributed by atoms with E-state index in [9.17, 15) is 0 Å². The van der Waals surface area contributed by atoms with E-state index in [4.69, 9.17) is 22.3 Å². The van der Waals surface area contributed by atoms with Gasteiger partial charge in [0.1, 0.15) is 0 Å². The van der Waals surface area contributed by atoms with Gasteiger partial charge in [-0.05, 0) is 50.3 Å². The van der Waals surface area contributed by atoms with Gasteiger partial charge in [-0.3, -0.25) is 4.40 Å². The largest absolute Gasteiger partial charge is 0.325 e. The van der Waals surface area contributed by atoms with Gasteiger partial charge in [0.15, 0.2) is 4.96 Å². The minimum Gasteiger partial charge on any atom is -0.325 e. The van der Waals surface area contributed by atoms with Crippen molar-refractivity contribution in [2.45, 2.75) is 39.2 Å². The van der Waals surface area contributed by atoms with Crippen molar-refractivity contribution in [2.75, 3.05) is 0 Å². The molecule has 0 atom stereocenters. The number of benzene rings is 1. The molecule has 0 radical (unpaired) electrons. The number of rotatable bonds is 2. The topological polar surface area (TPSA) is 43.3 Å². The summed E-state index contributed by atoms with van der Waals surface area (Å²) in [5.41, 5.74) is 11.8. The Labute approximate surface area is 138 Å². The van der Waals surface area contributed by atoms with Gasteiger partial charge in [0.05, 0.1) is 11.4 Å². The molecule has 2 N–H and O–H groups in total. The van der Waals surface area contributed by atoms with E-state index < -0.39 is 0 Å². The lowest BCUT2D eigenvalue weighted by molar-refractivity contribution is 0.670. The Bertz CT molecular complexity index is 863. The summed E-state index contributed by atoms with van der Waals surface area (Å²) < 4.78 is 2.30. The van der Waals surface area contributed by atoms with Gasteiger partial charge in [0.2, 0.25) is 0 Å². The molecule has 0 fully saturated rings. The van der Waals surface area contributed by atoms with Gasteiger partial charge in [-0.15, -0.1) is 11.3 Å². The highest BCUT2D eigenvalue weighted by molar-refractivity contribution is 7.17. The first-order valence-electron chi connectivity index (χ1n) is 7.67. The van der Waals surface area contributed by atoms with Gasteiger partial charge in [0, 0.05) is 27.7 Å². The molecule has 3 aromatic rings. The molecule has 1 aromatic carbocycles. The molecule has 5 heteroatoms. The quantitative estimate of drug-likeness (QED) is 0.758. The first kappa shape index (κ1) is 14.2. The molecule has 2 heterocycles. The van der Waals surface area contributed by atoms with Crippen molar-refractivity contribution in [3.05, 3.63) is 45.1 Å². The van der Waals surface area contributed by atoms with Crippen molar-refractivity contribution in [2.24, 2.45) is 5.73 Å². The number of aromatic nitrogens is 2. The lowest BCUT2D eigenvalue weighted by Gasteiger charge is -2.12. The molecule has 114 valence electrons. The highest BCUT2D eigenvalue weighted by atomic mass is 35.5. The summed E-state index contributed by atoms with van der Waals surface area (Å²) in [6, 6.07) is 6.07. The van der Waals surface area contributed by atoms with Crippen LogP contribution < -0.4 is 5.73 Å². The molecule has 1 aliphatic rings. The van der Waals surface area contributed by atoms with Crippen molar-refractivity contribution in [3.8, 4) is 11.3 Å². The number of hydrogen-bond donors (Lipinski definition) is 1. The molecule has 1 aliphatic carbocycles. The van der Waals surface area contributed by atoms with Crippen LogP contribution in [0.2, 0.25) is 5.02 Å². The Kier molecular flexibility index (Phi) is 3.48. The van der Waals surface area contributed by atoms with E-state index in [0.717, 1.165) is 38.9 Å². The Morgan fingerprint density at radius 2 is 2.14 bits per heavy atom. The minimum atomic E-state index is 0.501. The number of nitrogens with zero attached hydrogens (tertiary/aromatic N) is 2. The number of nitrogens with two attached hydrogens (primary N) is 1. The van der Waals surface area contributed by atoms with E-state index in [0.29, 0.717) is 6.54 Å².